The number of carbonyl (C=O) groups is 2. The monoisotopic (exact) mass is 435 g/mol. The molecule has 7 heteroatoms. The summed E-state index contributed by atoms with van der Waals surface area (Å²) in [6, 6.07) is 0. The highest BCUT2D eigenvalue weighted by molar-refractivity contribution is 7.85. The Balaban J connectivity index is 1.82. The molecule has 0 aromatic rings. The summed E-state index contributed by atoms with van der Waals surface area (Å²) in [6.45, 7) is 8.95. The molecule has 1 saturated carbocycles. The minimum Gasteiger partial charge on any atom is -0.381 e. The molecule has 0 bridgehead atoms. The van der Waals surface area contributed by atoms with Gasteiger partial charge in [-0.1, -0.05) is 32.4 Å². The molecule has 3 aliphatic rings. The first kappa shape index (κ1) is 22.9. The maximum atomic E-state index is 13.1. The topological polar surface area (TPSA) is 101 Å². The molecule has 0 spiro atoms. The molecule has 0 amide bonds. The van der Waals surface area contributed by atoms with Crippen LogP contribution in [0.4, 0.5) is 0 Å². The van der Waals surface area contributed by atoms with Crippen molar-refractivity contribution in [3.63, 3.8) is 0 Å². The first-order valence-electron chi connectivity index (χ1n) is 10.7. The molecule has 0 unspecified atom stereocenters. The molecule has 6 nitrogen and oxygen atoms in total. The Bertz CT molecular complexity index is 945. The van der Waals surface area contributed by atoms with E-state index >= 15 is 0 Å². The van der Waals surface area contributed by atoms with Crippen LogP contribution in [-0.4, -0.2) is 36.8 Å². The smallest absolute Gasteiger partial charge is 0.266 e. The van der Waals surface area contributed by atoms with E-state index in [2.05, 4.69) is 39.1 Å². The number of nitrogens with one attached hydrogen (secondary N) is 1. The molecule has 4 atom stereocenters. The molecule has 166 valence electrons. The Morgan fingerprint density at radius 1 is 1.20 bits per heavy atom. The Kier molecular flexibility index (Phi) is 6.18. The average molecular weight is 436 g/mol. The van der Waals surface area contributed by atoms with E-state index < -0.39 is 15.9 Å². The van der Waals surface area contributed by atoms with E-state index in [-0.39, 0.29) is 34.6 Å². The third-order valence-electron chi connectivity index (χ3n) is 7.98. The highest BCUT2D eigenvalue weighted by Crippen LogP contribution is 2.62. The van der Waals surface area contributed by atoms with Gasteiger partial charge in [0.15, 0.2) is 5.78 Å². The normalized spacial score (nSPS) is 34.6. The number of hydrogen-bond donors (Lipinski definition) is 2. The Labute approximate surface area is 179 Å². The van der Waals surface area contributed by atoms with Crippen LogP contribution in [0.3, 0.4) is 0 Å². The van der Waals surface area contributed by atoms with Gasteiger partial charge in [-0.15, -0.1) is 0 Å². The lowest BCUT2D eigenvalue weighted by Crippen LogP contribution is -2.50. The number of hydrogen-bond acceptors (Lipinski definition) is 5. The van der Waals surface area contributed by atoms with Crippen LogP contribution in [0.1, 0.15) is 59.8 Å². The minimum atomic E-state index is -4.14. The van der Waals surface area contributed by atoms with E-state index in [4.69, 9.17) is 4.55 Å². The van der Waals surface area contributed by atoms with Gasteiger partial charge < -0.3 is 5.32 Å². The van der Waals surface area contributed by atoms with Gasteiger partial charge in [-0.2, -0.15) is 8.42 Å². The van der Waals surface area contributed by atoms with Crippen molar-refractivity contribution in [1.82, 2.24) is 5.32 Å². The van der Waals surface area contributed by atoms with Crippen molar-refractivity contribution in [3.8, 4) is 0 Å². The quantitative estimate of drug-likeness (QED) is 0.375. The fourth-order valence-electron chi connectivity index (χ4n) is 5.86. The van der Waals surface area contributed by atoms with Gasteiger partial charge in [-0.05, 0) is 67.8 Å². The number of fused-ring (bicyclic) bond motifs is 1. The number of ketones is 2. The van der Waals surface area contributed by atoms with E-state index in [9.17, 15) is 18.0 Å². The SMILES string of the molecule is CC1=CCC[C@H]2[C@](C)(CC3=CC(=O)C=C(NCCS(=O)(=O)O)C3=O)[C@@H](C)CC[C@]12C. The molecule has 3 rings (SSSR count). The second kappa shape index (κ2) is 8.08. The molecular formula is C23H33NO5S. The van der Waals surface area contributed by atoms with Crippen molar-refractivity contribution in [1.29, 1.82) is 0 Å². The van der Waals surface area contributed by atoms with Crippen LogP contribution in [-0.2, 0) is 19.7 Å². The summed E-state index contributed by atoms with van der Waals surface area (Å²) in [5, 5.41) is 2.72. The van der Waals surface area contributed by atoms with E-state index in [1.807, 2.05) is 0 Å². The number of allylic oxidation sites excluding steroid dienone is 5. The number of rotatable bonds is 6. The molecule has 0 heterocycles. The van der Waals surface area contributed by atoms with E-state index in [0.29, 0.717) is 23.8 Å². The van der Waals surface area contributed by atoms with E-state index in [0.717, 1.165) is 25.7 Å². The maximum absolute atomic E-state index is 13.1. The van der Waals surface area contributed by atoms with Gasteiger partial charge in [-0.25, -0.2) is 0 Å². The van der Waals surface area contributed by atoms with Crippen LogP contribution in [0.15, 0.2) is 35.1 Å². The second-order valence-electron chi connectivity index (χ2n) is 9.73. The Hall–Kier alpha value is -1.73. The Morgan fingerprint density at radius 3 is 2.57 bits per heavy atom. The van der Waals surface area contributed by atoms with Crippen molar-refractivity contribution in [3.05, 3.63) is 35.1 Å². The van der Waals surface area contributed by atoms with Crippen LogP contribution in [0.2, 0.25) is 0 Å². The van der Waals surface area contributed by atoms with Crippen LogP contribution in [0.5, 0.6) is 0 Å². The summed E-state index contributed by atoms with van der Waals surface area (Å²) in [5.74, 6) is -0.190. The fraction of sp³-hybridized carbons (Fsp3) is 0.652. The summed E-state index contributed by atoms with van der Waals surface area (Å²) in [5.41, 5.74) is 2.04. The molecule has 1 fully saturated rings. The molecule has 0 saturated heterocycles. The summed E-state index contributed by atoms with van der Waals surface area (Å²) >= 11 is 0. The lowest BCUT2D eigenvalue weighted by atomic mass is 9.46. The van der Waals surface area contributed by atoms with Crippen LogP contribution < -0.4 is 5.32 Å². The van der Waals surface area contributed by atoms with E-state index in [1.165, 1.54) is 17.7 Å². The van der Waals surface area contributed by atoms with Gasteiger partial charge in [-0.3, -0.25) is 14.1 Å². The molecule has 0 aliphatic heterocycles. The van der Waals surface area contributed by atoms with Gasteiger partial charge in [0.2, 0.25) is 5.78 Å². The minimum absolute atomic E-state index is 0.107. The standard InChI is InChI=1S/C23H33NO5S/c1-15-6-5-7-20-22(15,3)9-8-16(2)23(20,4)14-17-12-18(25)13-19(21(17)26)24-10-11-30(27,28)29/h6,12-13,16,20,24H,5,7-11,14H2,1-4H3,(H,27,28,29)/t16-,20+,22+,23+/m0/s1. The number of Topliss-reactive ketones (excluding diaryl/α,β-unsaturated/α-hetero) is 1. The van der Waals surface area contributed by atoms with Crippen molar-refractivity contribution in [2.24, 2.45) is 22.7 Å². The lowest BCUT2D eigenvalue weighted by molar-refractivity contribution is -0.116. The van der Waals surface area contributed by atoms with Crippen molar-refractivity contribution >= 4 is 21.7 Å². The summed E-state index contributed by atoms with van der Waals surface area (Å²) in [7, 11) is -4.14. The summed E-state index contributed by atoms with van der Waals surface area (Å²) < 4.78 is 30.8. The van der Waals surface area contributed by atoms with Crippen LogP contribution >= 0.6 is 0 Å². The van der Waals surface area contributed by atoms with Gasteiger partial charge in [0.05, 0.1) is 11.4 Å². The van der Waals surface area contributed by atoms with Crippen LogP contribution in [0.25, 0.3) is 0 Å². The van der Waals surface area contributed by atoms with Gasteiger partial charge in [0, 0.05) is 18.2 Å². The molecule has 2 N–H and O–H groups in total. The Morgan fingerprint density at radius 2 is 1.90 bits per heavy atom. The van der Waals surface area contributed by atoms with Gasteiger partial charge >= 0.3 is 0 Å². The first-order chi connectivity index (χ1) is 13.9. The van der Waals surface area contributed by atoms with E-state index in [1.54, 1.807) is 0 Å². The highest BCUT2D eigenvalue weighted by Gasteiger charge is 2.53. The average Bonchev–Trinajstić information content (AvgIpc) is 2.63. The third kappa shape index (κ3) is 4.33. The summed E-state index contributed by atoms with van der Waals surface area (Å²) in [6.07, 6.45) is 9.88. The van der Waals surface area contributed by atoms with Crippen LogP contribution in [0, 0.1) is 22.7 Å². The van der Waals surface area contributed by atoms with Gasteiger partial charge in [0.1, 0.15) is 0 Å². The largest absolute Gasteiger partial charge is 0.381 e. The predicted octanol–water partition coefficient (Wildman–Crippen LogP) is 3.61. The molecular weight excluding hydrogens is 402 g/mol. The fourth-order valence-corrected chi connectivity index (χ4v) is 6.22. The van der Waals surface area contributed by atoms with Crippen molar-refractivity contribution in [2.75, 3.05) is 12.3 Å². The zero-order valence-corrected chi connectivity index (χ0v) is 19.1. The zero-order valence-electron chi connectivity index (χ0n) is 18.3. The molecule has 0 aromatic carbocycles. The van der Waals surface area contributed by atoms with Crippen molar-refractivity contribution in [2.45, 2.75) is 59.8 Å². The van der Waals surface area contributed by atoms with Gasteiger partial charge in [0.25, 0.3) is 10.1 Å². The predicted molar refractivity (Wildman–Crippen MR) is 116 cm³/mol. The summed E-state index contributed by atoms with van der Waals surface area (Å²) in [4.78, 5) is 25.4. The maximum Gasteiger partial charge on any atom is 0.266 e. The zero-order chi connectivity index (χ0) is 22.3. The lowest BCUT2D eigenvalue weighted by Gasteiger charge is -2.58. The molecule has 3 aliphatic carbocycles. The second-order valence-corrected chi connectivity index (χ2v) is 11.3. The molecule has 0 aromatic heterocycles. The first-order valence-corrected chi connectivity index (χ1v) is 12.3. The highest BCUT2D eigenvalue weighted by atomic mass is 32.2. The molecule has 30 heavy (non-hydrogen) atoms. The van der Waals surface area contributed by atoms with Crippen molar-refractivity contribution < 1.29 is 22.6 Å². The number of carbonyl (C=O) groups excluding carboxylic acids is 2. The third-order valence-corrected chi connectivity index (χ3v) is 8.70. The molecule has 0 radical (unpaired) electrons.